The Kier molecular flexibility index (Phi) is 3.76. The van der Waals surface area contributed by atoms with Crippen LogP contribution in [0, 0.1) is 0 Å². The minimum Gasteiger partial charge on any atom is -0.398 e. The topological polar surface area (TPSA) is 72.9 Å². The number of nitrogens with two attached hydrogens (primary N) is 1. The number of benzene rings is 1. The summed E-state index contributed by atoms with van der Waals surface area (Å²) in [6, 6.07) is 6.85. The van der Waals surface area contributed by atoms with Gasteiger partial charge in [-0.2, -0.15) is 5.10 Å². The molecule has 19 heavy (non-hydrogen) atoms. The average Bonchev–Trinajstić information content (AvgIpc) is 2.76. The maximum atomic E-state index is 12.2. The maximum absolute atomic E-state index is 12.2. The van der Waals surface area contributed by atoms with Gasteiger partial charge < -0.3 is 11.1 Å². The third-order valence-corrected chi connectivity index (χ3v) is 2.99. The van der Waals surface area contributed by atoms with Crippen molar-refractivity contribution in [3.8, 4) is 0 Å². The highest BCUT2D eigenvalue weighted by atomic mass is 35.5. The zero-order valence-corrected chi connectivity index (χ0v) is 11.5. The van der Waals surface area contributed by atoms with Gasteiger partial charge >= 0.3 is 0 Å². The van der Waals surface area contributed by atoms with Crippen molar-refractivity contribution in [1.82, 2.24) is 9.78 Å². The van der Waals surface area contributed by atoms with Crippen LogP contribution in [0.15, 0.2) is 30.5 Å². The molecule has 0 fully saturated rings. The second-order valence-corrected chi connectivity index (χ2v) is 4.82. The monoisotopic (exact) mass is 278 g/mol. The van der Waals surface area contributed by atoms with E-state index >= 15 is 0 Å². The van der Waals surface area contributed by atoms with Crippen LogP contribution in [-0.2, 0) is 0 Å². The third kappa shape index (κ3) is 2.71. The lowest BCUT2D eigenvalue weighted by Crippen LogP contribution is -2.18. The number of hydrogen-bond acceptors (Lipinski definition) is 3. The van der Waals surface area contributed by atoms with Crippen molar-refractivity contribution < 1.29 is 4.79 Å². The molecule has 2 rings (SSSR count). The molecule has 0 atom stereocenters. The fourth-order valence-electron chi connectivity index (χ4n) is 1.78. The SMILES string of the molecule is CC(C)n1nccc1NC(=O)c1c(N)cccc1Cl. The molecule has 1 amide bonds. The number of rotatable bonds is 3. The van der Waals surface area contributed by atoms with E-state index in [9.17, 15) is 4.79 Å². The average molecular weight is 279 g/mol. The Bertz CT molecular complexity index is 586. The van der Waals surface area contributed by atoms with Crippen molar-refractivity contribution in [1.29, 1.82) is 0 Å². The predicted octanol–water partition coefficient (Wildman–Crippen LogP) is 2.95. The molecule has 5 nitrogen and oxygen atoms in total. The summed E-state index contributed by atoms with van der Waals surface area (Å²) in [4.78, 5) is 12.2. The minimum absolute atomic E-state index is 0.147. The molecule has 0 unspecified atom stereocenters. The summed E-state index contributed by atoms with van der Waals surface area (Å²) in [7, 11) is 0. The lowest BCUT2D eigenvalue weighted by atomic mass is 10.1. The van der Waals surface area contributed by atoms with Crippen LogP contribution in [0.5, 0.6) is 0 Å². The number of aromatic nitrogens is 2. The van der Waals surface area contributed by atoms with E-state index in [0.29, 0.717) is 16.5 Å². The first-order chi connectivity index (χ1) is 9.00. The number of nitrogens with zero attached hydrogens (tertiary/aromatic N) is 2. The Morgan fingerprint density at radius 1 is 1.42 bits per heavy atom. The summed E-state index contributed by atoms with van der Waals surface area (Å²) in [6.45, 7) is 3.96. The Balaban J connectivity index is 2.29. The van der Waals surface area contributed by atoms with Gasteiger partial charge in [0, 0.05) is 17.8 Å². The fourth-order valence-corrected chi connectivity index (χ4v) is 2.05. The number of nitrogens with one attached hydrogen (secondary N) is 1. The minimum atomic E-state index is -0.342. The summed E-state index contributed by atoms with van der Waals surface area (Å²) in [5.74, 6) is 0.268. The van der Waals surface area contributed by atoms with Crippen LogP contribution in [0.4, 0.5) is 11.5 Å². The molecule has 0 aliphatic heterocycles. The van der Waals surface area contributed by atoms with Crippen LogP contribution in [0.2, 0.25) is 5.02 Å². The van der Waals surface area contributed by atoms with E-state index in [1.54, 1.807) is 35.1 Å². The fraction of sp³-hybridized carbons (Fsp3) is 0.231. The second kappa shape index (κ2) is 5.32. The normalized spacial score (nSPS) is 10.7. The van der Waals surface area contributed by atoms with Crippen LogP contribution in [0.25, 0.3) is 0 Å². The molecule has 1 aromatic heterocycles. The Morgan fingerprint density at radius 2 is 2.16 bits per heavy atom. The highest BCUT2D eigenvalue weighted by molar-refractivity contribution is 6.35. The van der Waals surface area contributed by atoms with E-state index in [-0.39, 0.29) is 17.5 Å². The van der Waals surface area contributed by atoms with Gasteiger partial charge in [0.2, 0.25) is 0 Å². The van der Waals surface area contributed by atoms with Crippen molar-refractivity contribution in [2.45, 2.75) is 19.9 Å². The molecule has 3 N–H and O–H groups in total. The third-order valence-electron chi connectivity index (χ3n) is 2.67. The Morgan fingerprint density at radius 3 is 2.79 bits per heavy atom. The van der Waals surface area contributed by atoms with Gasteiger partial charge in [-0.3, -0.25) is 4.79 Å². The van der Waals surface area contributed by atoms with Crippen molar-refractivity contribution >= 4 is 29.0 Å². The molecule has 0 bridgehead atoms. The lowest BCUT2D eigenvalue weighted by Gasteiger charge is -2.13. The van der Waals surface area contributed by atoms with Crippen LogP contribution in [0.1, 0.15) is 30.2 Å². The van der Waals surface area contributed by atoms with Gasteiger partial charge in [0.1, 0.15) is 5.82 Å². The first kappa shape index (κ1) is 13.4. The van der Waals surface area contributed by atoms with Crippen molar-refractivity contribution in [2.24, 2.45) is 0 Å². The highest BCUT2D eigenvalue weighted by Crippen LogP contribution is 2.23. The van der Waals surface area contributed by atoms with Gasteiger partial charge in [0.25, 0.3) is 5.91 Å². The van der Waals surface area contributed by atoms with Crippen molar-refractivity contribution in [2.75, 3.05) is 11.1 Å². The Hall–Kier alpha value is -2.01. The van der Waals surface area contributed by atoms with Gasteiger partial charge in [-0.1, -0.05) is 17.7 Å². The molecular weight excluding hydrogens is 264 g/mol. The molecule has 0 spiro atoms. The first-order valence-corrected chi connectivity index (χ1v) is 6.27. The van der Waals surface area contributed by atoms with E-state index in [1.165, 1.54) is 0 Å². The number of anilines is 2. The van der Waals surface area contributed by atoms with E-state index in [0.717, 1.165) is 0 Å². The molecule has 0 saturated carbocycles. The smallest absolute Gasteiger partial charge is 0.260 e. The largest absolute Gasteiger partial charge is 0.398 e. The van der Waals surface area contributed by atoms with Crippen LogP contribution >= 0.6 is 11.6 Å². The van der Waals surface area contributed by atoms with E-state index in [4.69, 9.17) is 17.3 Å². The van der Waals surface area contributed by atoms with Gasteiger partial charge in [0.15, 0.2) is 0 Å². The molecule has 0 aliphatic carbocycles. The second-order valence-electron chi connectivity index (χ2n) is 4.41. The molecule has 0 radical (unpaired) electrons. The predicted molar refractivity (Wildman–Crippen MR) is 76.4 cm³/mol. The molecule has 0 aliphatic rings. The Labute approximate surface area is 116 Å². The highest BCUT2D eigenvalue weighted by Gasteiger charge is 2.16. The quantitative estimate of drug-likeness (QED) is 0.848. The molecule has 2 aromatic rings. The lowest BCUT2D eigenvalue weighted by molar-refractivity contribution is 0.102. The number of nitrogen functional groups attached to an aromatic ring is 1. The zero-order valence-electron chi connectivity index (χ0n) is 10.7. The van der Waals surface area contributed by atoms with E-state index in [1.807, 2.05) is 13.8 Å². The van der Waals surface area contributed by atoms with Crippen LogP contribution < -0.4 is 11.1 Å². The first-order valence-electron chi connectivity index (χ1n) is 5.89. The van der Waals surface area contributed by atoms with Gasteiger partial charge in [-0.15, -0.1) is 0 Å². The molecule has 0 saturated heterocycles. The molecule has 1 heterocycles. The molecule has 1 aromatic carbocycles. The van der Waals surface area contributed by atoms with E-state index in [2.05, 4.69) is 10.4 Å². The summed E-state index contributed by atoms with van der Waals surface area (Å²) < 4.78 is 1.71. The van der Waals surface area contributed by atoms with Crippen LogP contribution in [-0.4, -0.2) is 15.7 Å². The summed E-state index contributed by atoms with van der Waals surface area (Å²) in [5, 5.41) is 7.24. The van der Waals surface area contributed by atoms with Crippen molar-refractivity contribution in [3.63, 3.8) is 0 Å². The number of halogens is 1. The zero-order chi connectivity index (χ0) is 14.0. The number of carbonyl (C=O) groups is 1. The summed E-state index contributed by atoms with van der Waals surface area (Å²) in [5.41, 5.74) is 6.41. The van der Waals surface area contributed by atoms with E-state index < -0.39 is 0 Å². The number of carbonyl (C=O) groups excluding carboxylic acids is 1. The van der Waals surface area contributed by atoms with Gasteiger partial charge in [-0.05, 0) is 26.0 Å². The molecular formula is C13H15ClN4O. The van der Waals surface area contributed by atoms with Gasteiger partial charge in [0.05, 0.1) is 16.8 Å². The number of hydrogen-bond donors (Lipinski definition) is 2. The molecule has 100 valence electrons. The molecule has 6 heteroatoms. The summed E-state index contributed by atoms with van der Waals surface area (Å²) in [6.07, 6.45) is 1.63. The maximum Gasteiger partial charge on any atom is 0.260 e. The standard InChI is InChI=1S/C13H15ClN4O/c1-8(2)18-11(6-7-16-18)17-13(19)12-9(14)4-3-5-10(12)15/h3-8H,15H2,1-2H3,(H,17,19). The van der Waals surface area contributed by atoms with Crippen molar-refractivity contribution in [3.05, 3.63) is 41.0 Å². The van der Waals surface area contributed by atoms with Crippen LogP contribution in [0.3, 0.4) is 0 Å². The summed E-state index contributed by atoms with van der Waals surface area (Å²) >= 11 is 6.00. The number of amides is 1. The van der Waals surface area contributed by atoms with Gasteiger partial charge in [-0.25, -0.2) is 4.68 Å².